The first kappa shape index (κ1) is 11.2. The Balaban J connectivity index is 2.50. The molecule has 2 rings (SSSR count). The van der Waals surface area contributed by atoms with Crippen LogP contribution in [-0.4, -0.2) is 24.4 Å². The topological polar surface area (TPSA) is 92.9 Å². The van der Waals surface area contributed by atoms with Gasteiger partial charge in [0.2, 0.25) is 5.88 Å². The van der Waals surface area contributed by atoms with Crippen molar-refractivity contribution >= 4 is 0 Å². The van der Waals surface area contributed by atoms with Gasteiger partial charge < -0.3 is 5.11 Å². The lowest BCUT2D eigenvalue weighted by Crippen LogP contribution is -2.31. The summed E-state index contributed by atoms with van der Waals surface area (Å²) in [6.07, 6.45) is 3.32. The number of aryl methyl sites for hydroxylation is 1. The lowest BCUT2D eigenvalue weighted by Gasteiger charge is -2.07. The van der Waals surface area contributed by atoms with E-state index < -0.39 is 11.2 Å². The monoisotopic (exact) mass is 236 g/mol. The molecule has 90 valence electrons. The maximum absolute atomic E-state index is 11.5. The standard InChI is InChI=1S/C10H12N4O3/c1-6-8(15)12-10(17)14(9(6)16)5-7-3-11-13(2)4-7/h3-4,16H,5H2,1-2H3,(H,12,15,17). The predicted molar refractivity (Wildman–Crippen MR) is 60.0 cm³/mol. The van der Waals surface area contributed by atoms with Crippen LogP contribution in [0.5, 0.6) is 5.88 Å². The van der Waals surface area contributed by atoms with Crippen LogP contribution in [0.3, 0.4) is 0 Å². The Bertz CT molecular complexity index is 665. The van der Waals surface area contributed by atoms with E-state index in [1.807, 2.05) is 0 Å². The van der Waals surface area contributed by atoms with E-state index in [2.05, 4.69) is 10.1 Å². The molecule has 7 heteroatoms. The molecule has 0 amide bonds. The Morgan fingerprint density at radius 1 is 1.47 bits per heavy atom. The van der Waals surface area contributed by atoms with Gasteiger partial charge in [-0.25, -0.2) is 4.79 Å². The second-order valence-corrected chi connectivity index (χ2v) is 3.82. The van der Waals surface area contributed by atoms with Crippen LogP contribution in [-0.2, 0) is 13.6 Å². The van der Waals surface area contributed by atoms with Crippen LogP contribution < -0.4 is 11.2 Å². The van der Waals surface area contributed by atoms with Crippen molar-refractivity contribution in [3.05, 3.63) is 44.4 Å². The van der Waals surface area contributed by atoms with Gasteiger partial charge in [0.15, 0.2) is 0 Å². The van der Waals surface area contributed by atoms with Crippen LogP contribution in [0.2, 0.25) is 0 Å². The maximum Gasteiger partial charge on any atom is 0.331 e. The first-order valence-electron chi connectivity index (χ1n) is 4.99. The maximum atomic E-state index is 11.5. The normalized spacial score (nSPS) is 10.7. The molecule has 0 bridgehead atoms. The van der Waals surface area contributed by atoms with Crippen molar-refractivity contribution in [2.45, 2.75) is 13.5 Å². The first-order valence-corrected chi connectivity index (χ1v) is 4.99. The second-order valence-electron chi connectivity index (χ2n) is 3.82. The average Bonchev–Trinajstić information content (AvgIpc) is 2.67. The van der Waals surface area contributed by atoms with Crippen molar-refractivity contribution < 1.29 is 5.11 Å². The molecule has 2 N–H and O–H groups in total. The fourth-order valence-electron chi connectivity index (χ4n) is 1.54. The molecule has 0 aliphatic rings. The van der Waals surface area contributed by atoms with Crippen molar-refractivity contribution in [2.24, 2.45) is 7.05 Å². The van der Waals surface area contributed by atoms with Gasteiger partial charge in [0.05, 0.1) is 18.3 Å². The molecule has 0 saturated carbocycles. The molecule has 0 aliphatic carbocycles. The molecule has 0 atom stereocenters. The van der Waals surface area contributed by atoms with Crippen molar-refractivity contribution in [2.75, 3.05) is 0 Å². The molecule has 0 aromatic carbocycles. The number of aromatic amines is 1. The van der Waals surface area contributed by atoms with Crippen LogP contribution in [0.1, 0.15) is 11.1 Å². The third-order valence-corrected chi connectivity index (χ3v) is 2.50. The van der Waals surface area contributed by atoms with E-state index in [-0.39, 0.29) is 18.0 Å². The lowest BCUT2D eigenvalue weighted by molar-refractivity contribution is 0.404. The summed E-state index contributed by atoms with van der Waals surface area (Å²) in [6.45, 7) is 1.61. The predicted octanol–water partition coefficient (Wildman–Crippen LogP) is -0.668. The molecule has 0 saturated heterocycles. The highest BCUT2D eigenvalue weighted by atomic mass is 16.3. The molecule has 0 aliphatic heterocycles. The average molecular weight is 236 g/mol. The van der Waals surface area contributed by atoms with Gasteiger partial charge in [-0.3, -0.25) is 19.0 Å². The molecule has 17 heavy (non-hydrogen) atoms. The highest BCUT2D eigenvalue weighted by Crippen LogP contribution is 2.10. The highest BCUT2D eigenvalue weighted by Gasteiger charge is 2.10. The summed E-state index contributed by atoms with van der Waals surface area (Å²) in [6, 6.07) is 0. The van der Waals surface area contributed by atoms with Crippen molar-refractivity contribution in [3.8, 4) is 5.88 Å². The fourth-order valence-corrected chi connectivity index (χ4v) is 1.54. The number of aromatic nitrogens is 4. The molecule has 0 radical (unpaired) electrons. The summed E-state index contributed by atoms with van der Waals surface area (Å²) in [5, 5.41) is 13.7. The van der Waals surface area contributed by atoms with Gasteiger partial charge in [0.1, 0.15) is 0 Å². The number of rotatable bonds is 2. The van der Waals surface area contributed by atoms with Crippen LogP contribution in [0.15, 0.2) is 22.0 Å². The molecule has 7 nitrogen and oxygen atoms in total. The fraction of sp³-hybridized carbons (Fsp3) is 0.300. The van der Waals surface area contributed by atoms with Gasteiger partial charge in [-0.05, 0) is 6.92 Å². The molecule has 0 unspecified atom stereocenters. The molecular formula is C10H12N4O3. The summed E-state index contributed by atoms with van der Waals surface area (Å²) in [4.78, 5) is 24.9. The molecule has 2 aromatic rings. The molecule has 2 heterocycles. The molecule has 0 fully saturated rings. The highest BCUT2D eigenvalue weighted by molar-refractivity contribution is 5.21. The smallest absolute Gasteiger partial charge is 0.331 e. The summed E-state index contributed by atoms with van der Waals surface area (Å²) < 4.78 is 2.68. The number of H-pyrrole nitrogens is 1. The van der Waals surface area contributed by atoms with E-state index in [4.69, 9.17) is 0 Å². The van der Waals surface area contributed by atoms with Crippen LogP contribution in [0.4, 0.5) is 0 Å². The Hall–Kier alpha value is -2.31. The van der Waals surface area contributed by atoms with E-state index in [0.29, 0.717) is 0 Å². The van der Waals surface area contributed by atoms with E-state index in [1.54, 1.807) is 24.1 Å². The van der Waals surface area contributed by atoms with E-state index in [9.17, 15) is 14.7 Å². The minimum Gasteiger partial charge on any atom is -0.494 e. The zero-order valence-corrected chi connectivity index (χ0v) is 9.47. The zero-order chi connectivity index (χ0) is 12.6. The van der Waals surface area contributed by atoms with Gasteiger partial charge >= 0.3 is 5.69 Å². The lowest BCUT2D eigenvalue weighted by atomic mass is 10.3. The van der Waals surface area contributed by atoms with Gasteiger partial charge in [0.25, 0.3) is 5.56 Å². The van der Waals surface area contributed by atoms with Crippen LogP contribution in [0.25, 0.3) is 0 Å². The second kappa shape index (κ2) is 3.93. The van der Waals surface area contributed by atoms with E-state index in [1.165, 1.54) is 6.92 Å². The van der Waals surface area contributed by atoms with Gasteiger partial charge in [-0.15, -0.1) is 0 Å². The summed E-state index contributed by atoms with van der Waals surface area (Å²) in [5.41, 5.74) is -0.332. The van der Waals surface area contributed by atoms with E-state index >= 15 is 0 Å². The zero-order valence-electron chi connectivity index (χ0n) is 9.47. The van der Waals surface area contributed by atoms with E-state index in [0.717, 1.165) is 10.1 Å². The third-order valence-electron chi connectivity index (χ3n) is 2.50. The Kier molecular flexibility index (Phi) is 2.58. The Labute approximate surface area is 96.0 Å². The number of hydrogen-bond donors (Lipinski definition) is 2. The van der Waals surface area contributed by atoms with Crippen molar-refractivity contribution in [1.82, 2.24) is 19.3 Å². The first-order chi connectivity index (χ1) is 7.99. The van der Waals surface area contributed by atoms with Gasteiger partial charge in [-0.2, -0.15) is 5.10 Å². The van der Waals surface area contributed by atoms with Gasteiger partial charge in [0, 0.05) is 18.8 Å². The number of hydrogen-bond acceptors (Lipinski definition) is 4. The molecule has 2 aromatic heterocycles. The molecular weight excluding hydrogens is 224 g/mol. The Morgan fingerprint density at radius 2 is 2.18 bits per heavy atom. The summed E-state index contributed by atoms with van der Waals surface area (Å²) in [5.74, 6) is -0.317. The van der Waals surface area contributed by atoms with Crippen molar-refractivity contribution in [1.29, 1.82) is 0 Å². The number of aromatic hydroxyl groups is 1. The summed E-state index contributed by atoms with van der Waals surface area (Å²) in [7, 11) is 1.75. The Morgan fingerprint density at radius 3 is 2.76 bits per heavy atom. The van der Waals surface area contributed by atoms with Crippen molar-refractivity contribution in [3.63, 3.8) is 0 Å². The van der Waals surface area contributed by atoms with Crippen LogP contribution >= 0.6 is 0 Å². The van der Waals surface area contributed by atoms with Crippen LogP contribution in [0, 0.1) is 6.92 Å². The summed E-state index contributed by atoms with van der Waals surface area (Å²) >= 11 is 0. The third kappa shape index (κ3) is 1.99. The quantitative estimate of drug-likeness (QED) is 0.723. The SMILES string of the molecule is Cc1c(O)n(Cc2cnn(C)c2)c(=O)[nH]c1=O. The minimum absolute atomic E-state index is 0.119. The number of nitrogens with one attached hydrogen (secondary N) is 1. The minimum atomic E-state index is -0.637. The van der Waals surface area contributed by atoms with Gasteiger partial charge in [-0.1, -0.05) is 0 Å². The molecule has 0 spiro atoms. The number of nitrogens with zero attached hydrogens (tertiary/aromatic N) is 3. The largest absolute Gasteiger partial charge is 0.494 e.